The molecule has 2 nitrogen and oxygen atoms in total. The topological polar surface area (TPSA) is 24.7 Å². The fourth-order valence-electron chi connectivity index (χ4n) is 3.80. The first-order valence-corrected chi connectivity index (χ1v) is 12.3. The predicted octanol–water partition coefficient (Wildman–Crippen LogP) is 8.14. The molecule has 0 aliphatic carbocycles. The molecule has 1 unspecified atom stereocenters. The van der Waals surface area contributed by atoms with Crippen LogP contribution >= 0.6 is 0 Å². The first kappa shape index (κ1) is 25.3. The van der Waals surface area contributed by atoms with Crippen LogP contribution < -0.4 is 0 Å². The summed E-state index contributed by atoms with van der Waals surface area (Å²) in [7, 11) is 0. The van der Waals surface area contributed by atoms with Gasteiger partial charge >= 0.3 is 0 Å². The monoisotopic (exact) mass is 454 g/mol. The number of hydrogen-bond acceptors (Lipinski definition) is 2. The summed E-state index contributed by atoms with van der Waals surface area (Å²) in [5.41, 5.74) is 6.13. The SMILES string of the molecule is C=CCCCCCc1ccc(C=NN=C(c2ccccc2)c2ccc(CC(F)CC)cc2)cc1. The van der Waals surface area contributed by atoms with Crippen LogP contribution in [0.4, 0.5) is 4.39 Å². The van der Waals surface area contributed by atoms with Gasteiger partial charge in [0.1, 0.15) is 11.9 Å². The average molecular weight is 455 g/mol. The zero-order valence-corrected chi connectivity index (χ0v) is 20.2. The third kappa shape index (κ3) is 8.22. The molecule has 0 spiro atoms. The Kier molecular flexibility index (Phi) is 10.4. The number of aryl methyl sites for hydroxylation is 1. The van der Waals surface area contributed by atoms with Gasteiger partial charge < -0.3 is 0 Å². The minimum Gasteiger partial charge on any atom is -0.247 e. The molecule has 3 aromatic rings. The summed E-state index contributed by atoms with van der Waals surface area (Å²) in [6.45, 7) is 5.65. The molecule has 3 rings (SSSR count). The van der Waals surface area contributed by atoms with Crippen molar-refractivity contribution in [3.8, 4) is 0 Å². The molecule has 0 aromatic heterocycles. The lowest BCUT2D eigenvalue weighted by atomic mass is 9.99. The number of halogens is 1. The van der Waals surface area contributed by atoms with Gasteiger partial charge in [0.25, 0.3) is 0 Å². The maximum atomic E-state index is 13.8. The van der Waals surface area contributed by atoms with E-state index in [9.17, 15) is 4.39 Å². The Bertz CT molecular complexity index is 1050. The Morgan fingerprint density at radius 3 is 2.21 bits per heavy atom. The third-order valence-electron chi connectivity index (χ3n) is 5.89. The van der Waals surface area contributed by atoms with E-state index in [1.54, 1.807) is 6.21 Å². The van der Waals surface area contributed by atoms with E-state index in [4.69, 9.17) is 0 Å². The molecule has 3 aromatic carbocycles. The smallest absolute Gasteiger partial charge is 0.104 e. The second-order valence-corrected chi connectivity index (χ2v) is 8.60. The molecule has 3 heteroatoms. The molecule has 0 radical (unpaired) electrons. The van der Waals surface area contributed by atoms with Crippen LogP contribution in [0.15, 0.2) is 102 Å². The van der Waals surface area contributed by atoms with Crippen molar-refractivity contribution in [2.75, 3.05) is 0 Å². The highest BCUT2D eigenvalue weighted by atomic mass is 19.1. The molecule has 0 saturated carbocycles. The maximum absolute atomic E-state index is 13.8. The molecule has 0 amide bonds. The Hall–Kier alpha value is -3.33. The van der Waals surface area contributed by atoms with Gasteiger partial charge in [-0.2, -0.15) is 5.10 Å². The van der Waals surface area contributed by atoms with Crippen molar-refractivity contribution < 1.29 is 4.39 Å². The highest BCUT2D eigenvalue weighted by Gasteiger charge is 2.09. The molecule has 0 aliphatic rings. The van der Waals surface area contributed by atoms with Crippen molar-refractivity contribution in [3.63, 3.8) is 0 Å². The second kappa shape index (κ2) is 14.0. The van der Waals surface area contributed by atoms with Crippen LogP contribution in [0.25, 0.3) is 0 Å². The van der Waals surface area contributed by atoms with Gasteiger partial charge in [0.15, 0.2) is 0 Å². The van der Waals surface area contributed by atoms with Crippen LogP contribution in [0.2, 0.25) is 0 Å². The minimum absolute atomic E-state index is 0.442. The van der Waals surface area contributed by atoms with E-state index in [0.29, 0.717) is 12.8 Å². The van der Waals surface area contributed by atoms with Gasteiger partial charge in [-0.1, -0.05) is 98.3 Å². The van der Waals surface area contributed by atoms with Crippen molar-refractivity contribution >= 4 is 11.9 Å². The summed E-state index contributed by atoms with van der Waals surface area (Å²) in [6, 6.07) is 26.5. The number of nitrogens with zero attached hydrogens (tertiary/aromatic N) is 2. The van der Waals surface area contributed by atoms with E-state index in [1.807, 2.05) is 67.6 Å². The molecule has 1 atom stereocenters. The molecule has 0 N–H and O–H groups in total. The molecule has 0 heterocycles. The van der Waals surface area contributed by atoms with Crippen LogP contribution in [0.3, 0.4) is 0 Å². The summed E-state index contributed by atoms with van der Waals surface area (Å²) in [4.78, 5) is 0. The van der Waals surface area contributed by atoms with Gasteiger partial charge in [-0.25, -0.2) is 4.39 Å². The van der Waals surface area contributed by atoms with Crippen LogP contribution in [0, 0.1) is 0 Å². The van der Waals surface area contributed by atoms with Crippen molar-refractivity contribution in [1.82, 2.24) is 0 Å². The molecule has 0 saturated heterocycles. The summed E-state index contributed by atoms with van der Waals surface area (Å²) >= 11 is 0. The Morgan fingerprint density at radius 2 is 1.53 bits per heavy atom. The van der Waals surface area contributed by atoms with Gasteiger partial charge in [0.05, 0.1) is 6.21 Å². The first-order valence-electron chi connectivity index (χ1n) is 12.3. The van der Waals surface area contributed by atoms with Crippen LogP contribution in [-0.2, 0) is 12.8 Å². The highest BCUT2D eigenvalue weighted by molar-refractivity contribution is 6.13. The van der Waals surface area contributed by atoms with Gasteiger partial charge in [-0.05, 0) is 48.8 Å². The highest BCUT2D eigenvalue weighted by Crippen LogP contribution is 2.15. The average Bonchev–Trinajstić information content (AvgIpc) is 2.88. The van der Waals surface area contributed by atoms with E-state index < -0.39 is 6.17 Å². The van der Waals surface area contributed by atoms with E-state index in [2.05, 4.69) is 41.0 Å². The van der Waals surface area contributed by atoms with E-state index >= 15 is 0 Å². The van der Waals surface area contributed by atoms with Crippen molar-refractivity contribution in [2.45, 2.75) is 58.0 Å². The van der Waals surface area contributed by atoms with Crippen molar-refractivity contribution in [3.05, 3.63) is 119 Å². The Balaban J connectivity index is 1.70. The zero-order chi connectivity index (χ0) is 24.0. The molecule has 0 bridgehead atoms. The molecule has 34 heavy (non-hydrogen) atoms. The number of unbranched alkanes of at least 4 members (excludes halogenated alkanes) is 3. The fourth-order valence-corrected chi connectivity index (χ4v) is 3.80. The quantitative estimate of drug-likeness (QED) is 0.108. The number of allylic oxidation sites excluding steroid dienone is 1. The van der Waals surface area contributed by atoms with E-state index in [0.717, 1.165) is 40.8 Å². The van der Waals surface area contributed by atoms with E-state index in [1.165, 1.54) is 24.8 Å². The predicted molar refractivity (Wildman–Crippen MR) is 144 cm³/mol. The lowest BCUT2D eigenvalue weighted by molar-refractivity contribution is 0.323. The number of rotatable bonds is 13. The van der Waals surface area contributed by atoms with Crippen LogP contribution in [0.1, 0.15) is 66.8 Å². The Morgan fingerprint density at radius 1 is 0.853 bits per heavy atom. The van der Waals surface area contributed by atoms with E-state index in [-0.39, 0.29) is 0 Å². The maximum Gasteiger partial charge on any atom is 0.104 e. The van der Waals surface area contributed by atoms with Crippen molar-refractivity contribution in [1.29, 1.82) is 0 Å². The van der Waals surface area contributed by atoms with Gasteiger partial charge in [0.2, 0.25) is 0 Å². The number of benzene rings is 3. The normalized spacial score (nSPS) is 12.7. The van der Waals surface area contributed by atoms with Crippen LogP contribution in [-0.4, -0.2) is 18.1 Å². The second-order valence-electron chi connectivity index (χ2n) is 8.60. The van der Waals surface area contributed by atoms with Gasteiger partial charge in [-0.15, -0.1) is 11.7 Å². The lowest BCUT2D eigenvalue weighted by Crippen LogP contribution is -2.05. The summed E-state index contributed by atoms with van der Waals surface area (Å²) in [6.07, 6.45) is 9.81. The van der Waals surface area contributed by atoms with Crippen molar-refractivity contribution in [2.24, 2.45) is 10.2 Å². The molecular formula is C31H35FN2. The molecule has 176 valence electrons. The van der Waals surface area contributed by atoms with Gasteiger partial charge in [-0.3, -0.25) is 0 Å². The first-order chi connectivity index (χ1) is 16.7. The third-order valence-corrected chi connectivity index (χ3v) is 5.89. The fraction of sp³-hybridized carbons (Fsp3) is 0.290. The standard InChI is InChI=1S/C31H35FN2/c1-3-5-6-7-9-12-25-15-17-27(18-16-25)24-33-34-31(28-13-10-8-11-14-28)29-21-19-26(20-22-29)23-30(32)4-2/h3,8,10-11,13-22,24,30H,1,4-7,9,12,23H2,2H3. The summed E-state index contributed by atoms with van der Waals surface area (Å²) in [5, 5.41) is 8.97. The number of hydrogen-bond donors (Lipinski definition) is 0. The minimum atomic E-state index is -0.804. The summed E-state index contributed by atoms with van der Waals surface area (Å²) < 4.78 is 13.8. The van der Waals surface area contributed by atoms with Crippen LogP contribution in [0.5, 0.6) is 0 Å². The molecule has 0 aliphatic heterocycles. The number of alkyl halides is 1. The largest absolute Gasteiger partial charge is 0.247 e. The molecular weight excluding hydrogens is 419 g/mol. The van der Waals surface area contributed by atoms with Gasteiger partial charge in [0, 0.05) is 17.5 Å². The molecule has 0 fully saturated rings. The lowest BCUT2D eigenvalue weighted by Gasteiger charge is -2.08. The Labute approximate surface area is 204 Å². The summed E-state index contributed by atoms with van der Waals surface area (Å²) in [5.74, 6) is 0. The zero-order valence-electron chi connectivity index (χ0n) is 20.2.